The van der Waals surface area contributed by atoms with Gasteiger partial charge in [0.05, 0.1) is 0 Å². The van der Waals surface area contributed by atoms with Gasteiger partial charge in [0, 0.05) is 20.0 Å². The normalized spacial score (nSPS) is 10.6. The number of rotatable bonds is 10. The fourth-order valence-corrected chi connectivity index (χ4v) is 3.84. The summed E-state index contributed by atoms with van der Waals surface area (Å²) in [6.45, 7) is 23.1. The van der Waals surface area contributed by atoms with Crippen molar-refractivity contribution in [2.24, 2.45) is 11.8 Å². The van der Waals surface area contributed by atoms with Crippen molar-refractivity contribution in [2.75, 3.05) is 0 Å². The van der Waals surface area contributed by atoms with Crippen molar-refractivity contribution in [1.82, 2.24) is 4.98 Å². The first-order valence-corrected chi connectivity index (χ1v) is 14.9. The van der Waals surface area contributed by atoms with E-state index in [2.05, 4.69) is 45.7 Å². The fourth-order valence-electron chi connectivity index (χ4n) is 3.65. The summed E-state index contributed by atoms with van der Waals surface area (Å²) in [6, 6.07) is 12.1. The minimum Gasteiger partial charge on any atom is -0.460 e. The standard InChI is InChI=1S/C13H17NO.C8H18.C7H6F2P.C6H12O2.K/c1-4-11(5-2)8-12-6-7-14-13(9-12)10(3)15;1-4-6-8(3)7-5-2;8-7(9,10)6-4-2-1-3-5-6;1-5(7)8-6(2,3)4;/h6-7,9,11H,1-2,4-5,8H2,3H3;8H,4-7H2,1-3H3;2-5H,10H2;1-4H3;/q-2;;-1;;+1. The minimum absolute atomic E-state index is 0. The molecule has 4 nitrogen and oxygen atoms in total. The number of halogens is 2. The predicted molar refractivity (Wildman–Crippen MR) is 171 cm³/mol. The van der Waals surface area contributed by atoms with Crippen LogP contribution in [0, 0.1) is 31.7 Å². The summed E-state index contributed by atoms with van der Waals surface area (Å²) in [5, 5.41) is 0. The number of ketones is 1. The molecule has 0 N–H and O–H groups in total. The molecule has 234 valence electrons. The molecule has 2 rings (SSSR count). The van der Waals surface area contributed by atoms with Crippen LogP contribution in [0.2, 0.25) is 0 Å². The van der Waals surface area contributed by atoms with Gasteiger partial charge in [0.2, 0.25) is 0 Å². The number of hydrogen-bond donors (Lipinski definition) is 0. The predicted octanol–water partition coefficient (Wildman–Crippen LogP) is 6.88. The number of carbonyl (C=O) groups is 2. The average Bonchev–Trinajstić information content (AvgIpc) is 2.87. The van der Waals surface area contributed by atoms with E-state index in [9.17, 15) is 18.4 Å². The van der Waals surface area contributed by atoms with Crippen LogP contribution in [-0.2, 0) is 21.6 Å². The van der Waals surface area contributed by atoms with Crippen molar-refractivity contribution in [3.63, 3.8) is 0 Å². The molecule has 0 fully saturated rings. The number of nitrogens with zero attached hydrogens (tertiary/aromatic N) is 1. The van der Waals surface area contributed by atoms with E-state index in [-0.39, 0.29) is 74.3 Å². The molecule has 1 unspecified atom stereocenters. The molecule has 1 aromatic carbocycles. The second-order valence-corrected chi connectivity index (χ2v) is 11.8. The zero-order valence-electron chi connectivity index (χ0n) is 27.6. The Balaban J connectivity index is -0.000000499. The van der Waals surface area contributed by atoms with Crippen LogP contribution in [-0.4, -0.2) is 22.3 Å². The smallest absolute Gasteiger partial charge is 0.460 e. The van der Waals surface area contributed by atoms with Crippen LogP contribution in [0.4, 0.5) is 8.78 Å². The maximum absolute atomic E-state index is 12.4. The first kappa shape index (κ1) is 45.9. The van der Waals surface area contributed by atoms with Gasteiger partial charge in [-0.25, -0.2) is 0 Å². The first-order valence-electron chi connectivity index (χ1n) is 14.4. The Labute approximate surface area is 300 Å². The number of pyridine rings is 1. The van der Waals surface area contributed by atoms with Gasteiger partial charge in [-0.1, -0.05) is 67.2 Å². The van der Waals surface area contributed by atoms with Gasteiger partial charge in [0.1, 0.15) is 11.3 Å². The molecule has 1 atom stereocenters. The average molecular weight is 632 g/mol. The third kappa shape index (κ3) is 27.0. The van der Waals surface area contributed by atoms with Gasteiger partial charge in [-0.15, -0.1) is 0 Å². The van der Waals surface area contributed by atoms with E-state index in [4.69, 9.17) is 4.74 Å². The van der Waals surface area contributed by atoms with Gasteiger partial charge in [0.25, 0.3) is 5.66 Å². The number of benzene rings is 1. The Morgan fingerprint density at radius 1 is 1.02 bits per heavy atom. The van der Waals surface area contributed by atoms with E-state index in [1.54, 1.807) is 6.20 Å². The summed E-state index contributed by atoms with van der Waals surface area (Å²) in [7, 11) is 1.48. The molecule has 0 saturated carbocycles. The maximum Gasteiger partial charge on any atom is 1.00 e. The molecule has 1 aromatic heterocycles. The number of ether oxygens (including phenoxy) is 1. The Morgan fingerprint density at radius 2 is 1.52 bits per heavy atom. The number of carbonyl (C=O) groups excluding carboxylic acids is 2. The molecule has 0 aliphatic rings. The Hall–Kier alpha value is -0.564. The number of esters is 1. The summed E-state index contributed by atoms with van der Waals surface area (Å²) >= 11 is 0. The van der Waals surface area contributed by atoms with E-state index in [1.807, 2.05) is 32.9 Å². The van der Waals surface area contributed by atoms with Gasteiger partial charge in [-0.3, -0.25) is 14.6 Å². The zero-order valence-corrected chi connectivity index (χ0v) is 31.8. The van der Waals surface area contributed by atoms with Crippen molar-refractivity contribution in [3.05, 3.63) is 79.3 Å². The van der Waals surface area contributed by atoms with E-state index in [0.717, 1.165) is 30.7 Å². The Kier molecular flexibility index (Phi) is 28.1. The van der Waals surface area contributed by atoms with Crippen molar-refractivity contribution >= 4 is 21.0 Å². The molecule has 42 heavy (non-hydrogen) atoms. The van der Waals surface area contributed by atoms with Gasteiger partial charge >= 0.3 is 57.4 Å². The first-order chi connectivity index (χ1) is 19.0. The molecule has 0 bridgehead atoms. The van der Waals surface area contributed by atoms with Gasteiger partial charge in [-0.2, -0.15) is 52.0 Å². The van der Waals surface area contributed by atoms with Crippen LogP contribution in [0.25, 0.3) is 0 Å². The van der Waals surface area contributed by atoms with Crippen LogP contribution in [0.5, 0.6) is 0 Å². The van der Waals surface area contributed by atoms with E-state index in [1.165, 1.54) is 73.0 Å². The molecule has 2 aromatic rings. The van der Waals surface area contributed by atoms with Crippen LogP contribution in [0.15, 0.2) is 42.6 Å². The second-order valence-electron chi connectivity index (χ2n) is 11.1. The van der Waals surface area contributed by atoms with Crippen LogP contribution >= 0.6 is 9.24 Å². The van der Waals surface area contributed by atoms with Gasteiger partial charge in [0.15, 0.2) is 5.78 Å². The number of hydrogen-bond acceptors (Lipinski definition) is 4. The fraction of sp³-hybridized carbons (Fsp3) is 0.559. The Bertz CT molecular complexity index is 953. The van der Waals surface area contributed by atoms with Crippen LogP contribution < -0.4 is 51.4 Å². The second kappa shape index (κ2) is 25.7. The molecule has 0 spiro atoms. The zero-order chi connectivity index (χ0) is 32.1. The van der Waals surface area contributed by atoms with Crippen molar-refractivity contribution in [3.8, 4) is 0 Å². The number of alkyl halides is 2. The molecule has 8 heteroatoms. The SMILES string of the molecule is CC(=O)OC(C)(C)C.CCCC(C)CCC.FC(F)(P)c1cc[c-]cc1.[CH2-]CC(C[CH2-])Cc1ccnc(C(C)=O)c1.[K+]. The molecule has 0 aliphatic carbocycles. The van der Waals surface area contributed by atoms with Crippen molar-refractivity contribution < 1.29 is 74.5 Å². The summed E-state index contributed by atoms with van der Waals surface area (Å²) in [4.78, 5) is 25.4. The van der Waals surface area contributed by atoms with E-state index in [0.29, 0.717) is 11.6 Å². The topological polar surface area (TPSA) is 56.3 Å². The summed E-state index contributed by atoms with van der Waals surface area (Å²) in [5.41, 5.74) is -1.45. The third-order valence-electron chi connectivity index (χ3n) is 5.64. The molecule has 0 amide bonds. The summed E-state index contributed by atoms with van der Waals surface area (Å²) < 4.78 is 29.6. The largest absolute Gasteiger partial charge is 1.00 e. The number of Topliss-reactive ketones (excluding diaryl/α,β-unsaturated/α-hetero) is 1. The van der Waals surface area contributed by atoms with E-state index < -0.39 is 5.66 Å². The van der Waals surface area contributed by atoms with Crippen LogP contribution in [0.1, 0.15) is 116 Å². The quantitative estimate of drug-likeness (QED) is 0.0944. The van der Waals surface area contributed by atoms with Crippen molar-refractivity contribution in [1.29, 1.82) is 0 Å². The monoisotopic (exact) mass is 631 g/mol. The number of aromatic nitrogens is 1. The molecule has 1 heterocycles. The molecular formula is C34H53F2KNO3P-2. The van der Waals surface area contributed by atoms with Gasteiger partial charge < -0.3 is 18.6 Å². The van der Waals surface area contributed by atoms with Crippen molar-refractivity contribution in [2.45, 2.75) is 112 Å². The third-order valence-corrected chi connectivity index (χ3v) is 5.98. The molecule has 0 aliphatic heterocycles. The Morgan fingerprint density at radius 3 is 1.83 bits per heavy atom. The molecule has 0 saturated heterocycles. The van der Waals surface area contributed by atoms with E-state index >= 15 is 0 Å². The summed E-state index contributed by atoms with van der Waals surface area (Å²) in [5.74, 6) is 1.24. The minimum atomic E-state index is -2.81. The molecule has 0 radical (unpaired) electrons. The molecular weight excluding hydrogens is 578 g/mol. The van der Waals surface area contributed by atoms with Crippen LogP contribution in [0.3, 0.4) is 0 Å². The maximum atomic E-state index is 12.4. The summed E-state index contributed by atoms with van der Waals surface area (Å²) in [6.07, 6.45) is 9.89. The van der Waals surface area contributed by atoms with Gasteiger partial charge in [-0.05, 0) is 50.8 Å².